The standard InChI is InChI=1S/C12H13BrN2/c13-9-1-2-11-10(7-9)12(8-15-11)3-5-14-6-4-12/h1-2,7-8,14H,3-6H2. The molecule has 1 N–H and O–H groups in total. The van der Waals surface area contributed by atoms with Gasteiger partial charge in [-0.1, -0.05) is 15.9 Å². The van der Waals surface area contributed by atoms with Crippen LogP contribution in [0.1, 0.15) is 18.4 Å². The molecule has 2 nitrogen and oxygen atoms in total. The average Bonchev–Trinajstić information content (AvgIpc) is 2.59. The van der Waals surface area contributed by atoms with Gasteiger partial charge in [0.2, 0.25) is 0 Å². The lowest BCUT2D eigenvalue weighted by atomic mass is 9.75. The number of benzene rings is 1. The molecule has 1 saturated heterocycles. The highest BCUT2D eigenvalue weighted by Crippen LogP contribution is 2.43. The van der Waals surface area contributed by atoms with Gasteiger partial charge in [-0.15, -0.1) is 0 Å². The zero-order chi connectivity index (χ0) is 10.3. The molecule has 0 saturated carbocycles. The van der Waals surface area contributed by atoms with Crippen molar-refractivity contribution in [3.8, 4) is 0 Å². The van der Waals surface area contributed by atoms with Crippen LogP contribution in [0.15, 0.2) is 27.7 Å². The van der Waals surface area contributed by atoms with Crippen LogP contribution in [0, 0.1) is 0 Å². The Morgan fingerprint density at radius 3 is 2.87 bits per heavy atom. The topological polar surface area (TPSA) is 24.4 Å². The molecule has 1 aromatic carbocycles. The first-order valence-electron chi connectivity index (χ1n) is 5.36. The van der Waals surface area contributed by atoms with E-state index in [-0.39, 0.29) is 5.41 Å². The Labute approximate surface area is 97.9 Å². The lowest BCUT2D eigenvalue weighted by molar-refractivity contribution is 0.408. The highest BCUT2D eigenvalue weighted by atomic mass is 79.9. The maximum absolute atomic E-state index is 4.54. The smallest absolute Gasteiger partial charge is 0.0668 e. The van der Waals surface area contributed by atoms with Gasteiger partial charge in [-0.25, -0.2) is 0 Å². The van der Waals surface area contributed by atoms with E-state index in [1.165, 1.54) is 18.4 Å². The van der Waals surface area contributed by atoms with Crippen molar-refractivity contribution in [2.75, 3.05) is 13.1 Å². The van der Waals surface area contributed by atoms with Crippen LogP contribution in [-0.4, -0.2) is 19.3 Å². The molecule has 3 heteroatoms. The van der Waals surface area contributed by atoms with E-state index in [9.17, 15) is 0 Å². The van der Waals surface area contributed by atoms with Gasteiger partial charge >= 0.3 is 0 Å². The normalized spacial score (nSPS) is 21.9. The fraction of sp³-hybridized carbons (Fsp3) is 0.417. The second-order valence-corrected chi connectivity index (χ2v) is 5.24. The van der Waals surface area contributed by atoms with Gasteiger partial charge in [0, 0.05) is 16.1 Å². The number of rotatable bonds is 0. The molecular weight excluding hydrogens is 252 g/mol. The molecule has 2 aliphatic heterocycles. The van der Waals surface area contributed by atoms with Crippen molar-refractivity contribution in [1.29, 1.82) is 0 Å². The largest absolute Gasteiger partial charge is 0.317 e. The van der Waals surface area contributed by atoms with Crippen LogP contribution in [0.25, 0.3) is 0 Å². The van der Waals surface area contributed by atoms with Crippen molar-refractivity contribution < 1.29 is 0 Å². The Bertz CT molecular complexity index is 420. The first kappa shape index (κ1) is 9.55. The SMILES string of the molecule is Brc1ccc2c(c1)C1(C=N2)CCNCC1. The van der Waals surface area contributed by atoms with Crippen molar-refractivity contribution in [3.05, 3.63) is 28.2 Å². The molecule has 0 aliphatic carbocycles. The molecule has 0 atom stereocenters. The number of hydrogen-bond acceptors (Lipinski definition) is 2. The molecule has 2 heterocycles. The number of nitrogens with one attached hydrogen (secondary N) is 1. The number of aliphatic imine (C=N–C) groups is 1. The minimum atomic E-state index is 0.213. The van der Waals surface area contributed by atoms with Gasteiger partial charge in [0.25, 0.3) is 0 Å². The zero-order valence-corrected chi connectivity index (χ0v) is 10.0. The summed E-state index contributed by atoms with van der Waals surface area (Å²) in [7, 11) is 0. The summed E-state index contributed by atoms with van der Waals surface area (Å²) in [5, 5.41) is 3.41. The predicted octanol–water partition coefficient (Wildman–Crippen LogP) is 2.79. The molecule has 0 radical (unpaired) electrons. The monoisotopic (exact) mass is 264 g/mol. The first-order valence-corrected chi connectivity index (χ1v) is 6.15. The lowest BCUT2D eigenvalue weighted by Crippen LogP contribution is -2.39. The molecular formula is C12H13BrN2. The first-order chi connectivity index (χ1) is 7.30. The highest BCUT2D eigenvalue weighted by molar-refractivity contribution is 9.10. The molecule has 1 aromatic rings. The van der Waals surface area contributed by atoms with Gasteiger partial charge in [-0.3, -0.25) is 4.99 Å². The quantitative estimate of drug-likeness (QED) is 0.766. The summed E-state index contributed by atoms with van der Waals surface area (Å²) in [6.07, 6.45) is 4.49. The van der Waals surface area contributed by atoms with Gasteiger partial charge < -0.3 is 5.32 Å². The highest BCUT2D eigenvalue weighted by Gasteiger charge is 2.37. The Morgan fingerprint density at radius 1 is 1.27 bits per heavy atom. The predicted molar refractivity (Wildman–Crippen MR) is 66.1 cm³/mol. The van der Waals surface area contributed by atoms with E-state index < -0.39 is 0 Å². The van der Waals surface area contributed by atoms with Gasteiger partial charge in [-0.05, 0) is 49.7 Å². The van der Waals surface area contributed by atoms with Crippen LogP contribution in [0.2, 0.25) is 0 Å². The molecule has 1 fully saturated rings. The van der Waals surface area contributed by atoms with E-state index >= 15 is 0 Å². The van der Waals surface area contributed by atoms with Crippen molar-refractivity contribution in [2.24, 2.45) is 4.99 Å². The number of fused-ring (bicyclic) bond motifs is 2. The molecule has 0 bridgehead atoms. The molecule has 0 aromatic heterocycles. The summed E-state index contributed by atoms with van der Waals surface area (Å²) >= 11 is 3.54. The van der Waals surface area contributed by atoms with E-state index in [0.717, 1.165) is 23.2 Å². The van der Waals surface area contributed by atoms with Gasteiger partial charge in [0.15, 0.2) is 0 Å². The molecule has 1 spiro atoms. The summed E-state index contributed by atoms with van der Waals surface area (Å²) in [6, 6.07) is 6.40. The van der Waals surface area contributed by atoms with Gasteiger partial charge in [0.05, 0.1) is 5.69 Å². The van der Waals surface area contributed by atoms with Crippen LogP contribution < -0.4 is 5.32 Å². The maximum Gasteiger partial charge on any atom is 0.0668 e. The molecule has 78 valence electrons. The summed E-state index contributed by atoms with van der Waals surface area (Å²) in [5.74, 6) is 0. The van der Waals surface area contributed by atoms with Crippen LogP contribution >= 0.6 is 15.9 Å². The van der Waals surface area contributed by atoms with Crippen LogP contribution in [-0.2, 0) is 5.41 Å². The van der Waals surface area contributed by atoms with E-state index in [0.29, 0.717) is 0 Å². The minimum Gasteiger partial charge on any atom is -0.317 e. The Hall–Kier alpha value is -0.670. The summed E-state index contributed by atoms with van der Waals surface area (Å²) in [4.78, 5) is 4.54. The Kier molecular flexibility index (Phi) is 2.18. The zero-order valence-electron chi connectivity index (χ0n) is 8.46. The van der Waals surface area contributed by atoms with Crippen LogP contribution in [0.4, 0.5) is 5.69 Å². The second kappa shape index (κ2) is 3.42. The van der Waals surface area contributed by atoms with E-state index in [2.05, 4.69) is 50.7 Å². The number of nitrogens with zero attached hydrogens (tertiary/aromatic N) is 1. The third kappa shape index (κ3) is 1.45. The van der Waals surface area contributed by atoms with E-state index in [1.807, 2.05) is 0 Å². The van der Waals surface area contributed by atoms with Crippen molar-refractivity contribution in [3.63, 3.8) is 0 Å². The van der Waals surface area contributed by atoms with Gasteiger partial charge in [-0.2, -0.15) is 0 Å². The van der Waals surface area contributed by atoms with Crippen LogP contribution in [0.3, 0.4) is 0 Å². The maximum atomic E-state index is 4.54. The van der Waals surface area contributed by atoms with E-state index in [4.69, 9.17) is 0 Å². The molecule has 0 amide bonds. The Morgan fingerprint density at radius 2 is 2.07 bits per heavy atom. The third-order valence-corrected chi connectivity index (χ3v) is 3.93. The van der Waals surface area contributed by atoms with Crippen LogP contribution in [0.5, 0.6) is 0 Å². The molecule has 2 aliphatic rings. The fourth-order valence-electron chi connectivity index (χ4n) is 2.55. The molecule has 0 unspecified atom stereocenters. The second-order valence-electron chi connectivity index (χ2n) is 4.33. The number of piperidine rings is 1. The minimum absolute atomic E-state index is 0.213. The number of halogens is 1. The van der Waals surface area contributed by atoms with Crippen molar-refractivity contribution >= 4 is 27.8 Å². The van der Waals surface area contributed by atoms with Gasteiger partial charge in [0.1, 0.15) is 0 Å². The molecule has 15 heavy (non-hydrogen) atoms. The van der Waals surface area contributed by atoms with E-state index in [1.54, 1.807) is 0 Å². The summed E-state index contributed by atoms with van der Waals surface area (Å²) in [5.41, 5.74) is 2.77. The Balaban J connectivity index is 2.09. The average molecular weight is 265 g/mol. The third-order valence-electron chi connectivity index (χ3n) is 3.44. The summed E-state index contributed by atoms with van der Waals surface area (Å²) in [6.45, 7) is 2.19. The van der Waals surface area contributed by atoms with Crippen molar-refractivity contribution in [1.82, 2.24) is 5.32 Å². The number of hydrogen-bond donors (Lipinski definition) is 1. The molecule has 3 rings (SSSR count). The van der Waals surface area contributed by atoms with Crippen molar-refractivity contribution in [2.45, 2.75) is 18.3 Å². The summed E-state index contributed by atoms with van der Waals surface area (Å²) < 4.78 is 1.16. The lowest BCUT2D eigenvalue weighted by Gasteiger charge is -2.32. The fourth-order valence-corrected chi connectivity index (χ4v) is 2.91.